The first-order valence-corrected chi connectivity index (χ1v) is 21.7. The maximum atomic E-state index is 2.51. The summed E-state index contributed by atoms with van der Waals surface area (Å²) in [4.78, 5) is 2.48. The van der Waals surface area contributed by atoms with E-state index in [4.69, 9.17) is 0 Å². The van der Waals surface area contributed by atoms with E-state index in [1.807, 2.05) is 11.3 Å². The zero-order valence-corrected chi connectivity index (χ0v) is 33.7. The van der Waals surface area contributed by atoms with Crippen LogP contribution in [0, 0.1) is 0 Å². The zero-order valence-electron chi connectivity index (χ0n) is 32.8. The highest BCUT2D eigenvalue weighted by atomic mass is 32.1. The fourth-order valence-corrected chi connectivity index (χ4v) is 11.8. The van der Waals surface area contributed by atoms with Gasteiger partial charge in [-0.3, -0.25) is 0 Å². The van der Waals surface area contributed by atoms with Gasteiger partial charge in [-0.25, -0.2) is 0 Å². The first-order chi connectivity index (χ1) is 29.7. The average molecular weight is 783 g/mol. The minimum absolute atomic E-state index is 0.0845. The molecule has 282 valence electrons. The van der Waals surface area contributed by atoms with Gasteiger partial charge < -0.3 is 9.47 Å². The molecule has 2 nitrogen and oxygen atoms in total. The van der Waals surface area contributed by atoms with Crippen LogP contribution < -0.4 is 4.90 Å². The molecule has 0 atom stereocenters. The molecule has 0 aliphatic heterocycles. The van der Waals surface area contributed by atoms with Gasteiger partial charge in [-0.15, -0.1) is 11.3 Å². The van der Waals surface area contributed by atoms with Gasteiger partial charge in [-0.1, -0.05) is 133 Å². The van der Waals surface area contributed by atoms with E-state index in [9.17, 15) is 0 Å². The molecule has 0 amide bonds. The van der Waals surface area contributed by atoms with E-state index in [-0.39, 0.29) is 5.41 Å². The lowest BCUT2D eigenvalue weighted by molar-refractivity contribution is 0.563. The molecule has 2 aromatic heterocycles. The molecule has 1 spiro atoms. The summed E-state index contributed by atoms with van der Waals surface area (Å²) >= 11 is 1.88. The molecule has 2 aliphatic carbocycles. The molecule has 0 radical (unpaired) electrons. The van der Waals surface area contributed by atoms with Gasteiger partial charge in [-0.05, 0) is 130 Å². The third kappa shape index (κ3) is 4.93. The fourth-order valence-electron chi connectivity index (χ4n) is 10.7. The Hall–Kier alpha value is -7.20. The van der Waals surface area contributed by atoms with Crippen LogP contribution in [-0.2, 0) is 18.3 Å². The Balaban J connectivity index is 0.957. The van der Waals surface area contributed by atoms with Gasteiger partial charge in [0, 0.05) is 59.1 Å². The molecule has 3 heteroatoms. The molecule has 13 rings (SSSR count). The summed E-state index contributed by atoms with van der Waals surface area (Å²) in [5.74, 6) is 0. The minimum Gasteiger partial charge on any atom is -0.310 e. The second-order valence-electron chi connectivity index (χ2n) is 16.6. The molecule has 2 aliphatic rings. The van der Waals surface area contributed by atoms with Crippen molar-refractivity contribution < 1.29 is 0 Å². The molecule has 9 aromatic carbocycles. The van der Waals surface area contributed by atoms with Crippen LogP contribution in [-0.4, -0.2) is 4.57 Å². The third-order valence-electron chi connectivity index (χ3n) is 13.4. The Kier molecular flexibility index (Phi) is 7.25. The largest absolute Gasteiger partial charge is 0.310 e. The van der Waals surface area contributed by atoms with Crippen molar-refractivity contribution in [3.05, 3.63) is 229 Å². The number of fused-ring (bicyclic) bond motifs is 12. The number of benzene rings is 9. The molecule has 11 aromatic rings. The summed E-state index contributed by atoms with van der Waals surface area (Å²) in [6, 6.07) is 76.9. The molecular formula is C57H38N2S. The van der Waals surface area contributed by atoms with Gasteiger partial charge in [0.25, 0.3) is 0 Å². The highest BCUT2D eigenvalue weighted by Gasteiger charge is 2.47. The van der Waals surface area contributed by atoms with Crippen molar-refractivity contribution in [2.24, 2.45) is 0 Å². The van der Waals surface area contributed by atoms with Crippen LogP contribution in [0.2, 0.25) is 0 Å². The summed E-state index contributed by atoms with van der Waals surface area (Å²) in [6.07, 6.45) is 2.04. The molecule has 60 heavy (non-hydrogen) atoms. The lowest BCUT2D eigenvalue weighted by atomic mass is 9.75. The van der Waals surface area contributed by atoms with E-state index in [2.05, 4.69) is 216 Å². The van der Waals surface area contributed by atoms with Crippen LogP contribution in [0.3, 0.4) is 0 Å². The smallest absolute Gasteiger partial charge is 0.0541 e. The quantitative estimate of drug-likeness (QED) is 0.169. The maximum Gasteiger partial charge on any atom is 0.0541 e. The third-order valence-corrected chi connectivity index (χ3v) is 14.5. The van der Waals surface area contributed by atoms with Crippen molar-refractivity contribution >= 4 is 70.4 Å². The first-order valence-electron chi connectivity index (χ1n) is 20.9. The number of thiophene rings is 1. The van der Waals surface area contributed by atoms with E-state index < -0.39 is 0 Å². The summed E-state index contributed by atoms with van der Waals surface area (Å²) in [6.45, 7) is 0. The van der Waals surface area contributed by atoms with Crippen molar-refractivity contribution in [3.63, 3.8) is 0 Å². The molecule has 0 bridgehead atoms. The second kappa shape index (κ2) is 12.9. The number of hydrogen-bond donors (Lipinski definition) is 0. The number of anilines is 3. The molecular weight excluding hydrogens is 745 g/mol. The van der Waals surface area contributed by atoms with Gasteiger partial charge in [0.1, 0.15) is 0 Å². The highest BCUT2D eigenvalue weighted by Crippen LogP contribution is 2.56. The second-order valence-corrected chi connectivity index (χ2v) is 17.6. The molecule has 0 saturated carbocycles. The topological polar surface area (TPSA) is 8.17 Å². The van der Waals surface area contributed by atoms with E-state index in [0.29, 0.717) is 0 Å². The number of para-hydroxylation sites is 2. The fraction of sp³-hybridized carbons (Fsp3) is 0.0526. The van der Waals surface area contributed by atoms with Crippen molar-refractivity contribution in [2.45, 2.75) is 18.3 Å². The number of rotatable bonds is 5. The van der Waals surface area contributed by atoms with Crippen molar-refractivity contribution in [3.8, 4) is 27.9 Å². The molecule has 0 N–H and O–H groups in total. The Morgan fingerprint density at radius 1 is 0.400 bits per heavy atom. The summed E-state index contributed by atoms with van der Waals surface area (Å²) < 4.78 is 5.00. The van der Waals surface area contributed by atoms with Crippen LogP contribution in [0.1, 0.15) is 22.3 Å². The normalized spacial score (nSPS) is 13.7. The Labute approximate surface area is 352 Å². The standard InChI is InChI=1S/C57H38N2S/c1-2-14-41(15-3-1)59-53-20-10-7-17-47(53)50-32-38(24-31-54(50)59)37-22-25-42(26-23-37)58(44-28-30-49-48-18-8-11-21-55(48)60-56(49)34-44)43-27-29-46-45-16-6-9-19-51(45)57(52(46)33-43)35-39-12-4-5-13-40(39)36-57/h1-34H,35-36H2. The Bertz CT molecular complexity index is 3470. The zero-order chi connectivity index (χ0) is 39.4. The number of nitrogens with zero attached hydrogens (tertiary/aromatic N) is 2. The predicted molar refractivity (Wildman–Crippen MR) is 254 cm³/mol. The lowest BCUT2D eigenvalue weighted by Gasteiger charge is -2.30. The number of aromatic nitrogens is 1. The molecule has 0 saturated heterocycles. The van der Waals surface area contributed by atoms with Gasteiger partial charge in [0.05, 0.1) is 11.0 Å². The van der Waals surface area contributed by atoms with Crippen LogP contribution >= 0.6 is 11.3 Å². The van der Waals surface area contributed by atoms with E-state index in [1.165, 1.54) is 97.9 Å². The van der Waals surface area contributed by atoms with Crippen molar-refractivity contribution in [1.29, 1.82) is 0 Å². The van der Waals surface area contributed by atoms with Crippen LogP contribution in [0.15, 0.2) is 206 Å². The van der Waals surface area contributed by atoms with Gasteiger partial charge in [-0.2, -0.15) is 0 Å². The van der Waals surface area contributed by atoms with Gasteiger partial charge >= 0.3 is 0 Å². The molecule has 0 unspecified atom stereocenters. The Morgan fingerprint density at radius 2 is 1.02 bits per heavy atom. The summed E-state index contributed by atoms with van der Waals surface area (Å²) in [5.41, 5.74) is 18.0. The minimum atomic E-state index is -0.0845. The number of hydrogen-bond acceptors (Lipinski definition) is 2. The monoisotopic (exact) mass is 782 g/mol. The SMILES string of the molecule is c1ccc(-n2c3ccccc3c3cc(-c4ccc(N(c5ccc6c(c5)C5(Cc7ccccc7C5)c5ccccc5-6)c5ccc6c(c5)sc5ccccc56)cc4)ccc32)cc1. The van der Waals surface area contributed by atoms with Crippen molar-refractivity contribution in [2.75, 3.05) is 4.90 Å². The lowest BCUT2D eigenvalue weighted by Crippen LogP contribution is -2.26. The van der Waals surface area contributed by atoms with Crippen LogP contribution in [0.5, 0.6) is 0 Å². The van der Waals surface area contributed by atoms with E-state index in [0.717, 1.165) is 24.2 Å². The summed E-state index contributed by atoms with van der Waals surface area (Å²) in [7, 11) is 0. The first kappa shape index (κ1) is 33.7. The Morgan fingerprint density at radius 3 is 1.87 bits per heavy atom. The molecule has 2 heterocycles. The maximum absolute atomic E-state index is 2.51. The van der Waals surface area contributed by atoms with Gasteiger partial charge in [0.2, 0.25) is 0 Å². The van der Waals surface area contributed by atoms with E-state index in [1.54, 1.807) is 0 Å². The van der Waals surface area contributed by atoms with Gasteiger partial charge in [0.15, 0.2) is 0 Å². The van der Waals surface area contributed by atoms with Crippen molar-refractivity contribution in [1.82, 2.24) is 4.57 Å². The molecule has 0 fully saturated rings. The van der Waals surface area contributed by atoms with E-state index >= 15 is 0 Å². The van der Waals surface area contributed by atoms with Crippen LogP contribution in [0.25, 0.3) is 69.9 Å². The summed E-state index contributed by atoms with van der Waals surface area (Å²) in [5, 5.41) is 5.16. The average Bonchev–Trinajstić information content (AvgIpc) is 4.05. The predicted octanol–water partition coefficient (Wildman–Crippen LogP) is 15.4. The highest BCUT2D eigenvalue weighted by molar-refractivity contribution is 7.25. The van der Waals surface area contributed by atoms with Crippen LogP contribution in [0.4, 0.5) is 17.1 Å².